The first-order chi connectivity index (χ1) is 13.6. The van der Waals surface area contributed by atoms with Gasteiger partial charge in [-0.25, -0.2) is 13.6 Å². The minimum absolute atomic E-state index is 0.00123. The second kappa shape index (κ2) is 6.38. The SMILES string of the molecule is C[C@@]1(N)CN(c2c(F)c(N)c3c(=O)c(C(=O)O)cn(C4CC4)c3c2F)C[C@@H]1CF. The van der Waals surface area contributed by atoms with E-state index in [0.717, 1.165) is 6.20 Å². The molecule has 156 valence electrons. The number of fused-ring (bicyclic) bond motifs is 1. The average molecular weight is 410 g/mol. The Hall–Kier alpha value is -2.75. The number of pyridine rings is 1. The molecule has 29 heavy (non-hydrogen) atoms. The van der Waals surface area contributed by atoms with E-state index in [2.05, 4.69) is 0 Å². The highest BCUT2D eigenvalue weighted by Gasteiger charge is 2.43. The van der Waals surface area contributed by atoms with E-state index in [-0.39, 0.29) is 24.6 Å². The third-order valence-corrected chi connectivity index (χ3v) is 5.94. The number of alkyl halides is 1. The van der Waals surface area contributed by atoms with Crippen molar-refractivity contribution in [3.63, 3.8) is 0 Å². The van der Waals surface area contributed by atoms with Crippen LogP contribution in [0.25, 0.3) is 10.9 Å². The first-order valence-electron chi connectivity index (χ1n) is 9.26. The molecule has 2 aliphatic rings. The van der Waals surface area contributed by atoms with Crippen LogP contribution in [0.4, 0.5) is 24.5 Å². The van der Waals surface area contributed by atoms with Gasteiger partial charge >= 0.3 is 5.97 Å². The molecule has 1 aliphatic heterocycles. The molecule has 10 heteroatoms. The van der Waals surface area contributed by atoms with E-state index in [1.54, 1.807) is 6.92 Å². The van der Waals surface area contributed by atoms with Crippen molar-refractivity contribution < 1.29 is 23.1 Å². The highest BCUT2D eigenvalue weighted by atomic mass is 19.1. The van der Waals surface area contributed by atoms with Gasteiger partial charge in [0.1, 0.15) is 11.3 Å². The van der Waals surface area contributed by atoms with Crippen LogP contribution in [0.5, 0.6) is 0 Å². The Bertz CT molecular complexity index is 1090. The van der Waals surface area contributed by atoms with E-state index in [0.29, 0.717) is 12.8 Å². The van der Waals surface area contributed by atoms with Gasteiger partial charge in [-0.2, -0.15) is 0 Å². The molecule has 1 saturated carbocycles. The van der Waals surface area contributed by atoms with Crippen LogP contribution in [-0.4, -0.2) is 40.9 Å². The van der Waals surface area contributed by atoms with Gasteiger partial charge in [0.25, 0.3) is 0 Å². The summed E-state index contributed by atoms with van der Waals surface area (Å²) >= 11 is 0. The Morgan fingerprint density at radius 1 is 1.34 bits per heavy atom. The number of nitrogens with two attached hydrogens (primary N) is 2. The number of aromatic carboxylic acids is 1. The van der Waals surface area contributed by atoms with Crippen LogP contribution in [0.3, 0.4) is 0 Å². The maximum atomic E-state index is 15.6. The third-order valence-electron chi connectivity index (χ3n) is 5.94. The zero-order valence-electron chi connectivity index (χ0n) is 15.7. The van der Waals surface area contributed by atoms with Gasteiger partial charge < -0.3 is 26.0 Å². The number of carbonyl (C=O) groups is 1. The molecule has 1 saturated heterocycles. The lowest BCUT2D eigenvalue weighted by molar-refractivity contribution is 0.0695. The molecule has 5 N–H and O–H groups in total. The van der Waals surface area contributed by atoms with E-state index in [1.807, 2.05) is 0 Å². The molecule has 0 amide bonds. The van der Waals surface area contributed by atoms with E-state index in [4.69, 9.17) is 11.5 Å². The normalized spacial score (nSPS) is 24.4. The second-order valence-electron chi connectivity index (χ2n) is 8.17. The number of carboxylic acids is 1. The third kappa shape index (κ3) is 2.85. The van der Waals surface area contributed by atoms with Crippen molar-refractivity contribution >= 4 is 28.2 Å². The number of nitrogen functional groups attached to an aromatic ring is 1. The van der Waals surface area contributed by atoms with Crippen molar-refractivity contribution in [1.82, 2.24) is 4.57 Å². The highest BCUT2D eigenvalue weighted by Crippen LogP contribution is 2.43. The molecular weight excluding hydrogens is 389 g/mol. The fraction of sp³-hybridized carbons (Fsp3) is 0.474. The van der Waals surface area contributed by atoms with Crippen molar-refractivity contribution in [2.24, 2.45) is 11.7 Å². The first kappa shape index (κ1) is 19.6. The lowest BCUT2D eigenvalue weighted by atomic mass is 9.92. The largest absolute Gasteiger partial charge is 0.477 e. The van der Waals surface area contributed by atoms with Gasteiger partial charge in [-0.15, -0.1) is 0 Å². The summed E-state index contributed by atoms with van der Waals surface area (Å²) in [7, 11) is 0. The lowest BCUT2D eigenvalue weighted by Crippen LogP contribution is -2.45. The summed E-state index contributed by atoms with van der Waals surface area (Å²) < 4.78 is 45.5. The quantitative estimate of drug-likeness (QED) is 0.665. The van der Waals surface area contributed by atoms with Crippen LogP contribution in [0, 0.1) is 17.6 Å². The minimum Gasteiger partial charge on any atom is -0.477 e. The molecule has 2 heterocycles. The molecular formula is C19H21F3N4O3. The summed E-state index contributed by atoms with van der Waals surface area (Å²) in [6.45, 7) is 0.853. The number of anilines is 2. The molecule has 1 aromatic carbocycles. The number of hydrogen-bond donors (Lipinski definition) is 3. The molecule has 0 bridgehead atoms. The van der Waals surface area contributed by atoms with E-state index in [1.165, 1.54) is 9.47 Å². The molecule has 2 atom stereocenters. The number of hydrogen-bond acceptors (Lipinski definition) is 5. The number of aromatic nitrogens is 1. The Balaban J connectivity index is 2.02. The molecule has 7 nitrogen and oxygen atoms in total. The predicted molar refractivity (Wildman–Crippen MR) is 102 cm³/mol. The number of nitrogens with zero attached hydrogens (tertiary/aromatic N) is 2. The topological polar surface area (TPSA) is 115 Å². The minimum atomic E-state index is -1.50. The van der Waals surface area contributed by atoms with E-state index >= 15 is 8.78 Å². The van der Waals surface area contributed by atoms with Gasteiger partial charge in [-0.05, 0) is 19.8 Å². The summed E-state index contributed by atoms with van der Waals surface area (Å²) in [5.41, 5.74) is 7.99. The van der Waals surface area contributed by atoms with Crippen LogP contribution in [0.15, 0.2) is 11.0 Å². The van der Waals surface area contributed by atoms with Crippen LogP contribution in [-0.2, 0) is 0 Å². The molecule has 0 radical (unpaired) electrons. The summed E-state index contributed by atoms with van der Waals surface area (Å²) in [5.74, 6) is -4.33. The van der Waals surface area contributed by atoms with Crippen molar-refractivity contribution in [3.8, 4) is 0 Å². The number of halogens is 3. The standard InChI is InChI=1S/C19H21F3N4O3/c1-19(24)7-25(5-8(19)4-20)16-12(21)14(23)11-15(13(16)22)26(9-2-3-9)6-10(17(11)27)18(28)29/h6,8-9H,2-5,7,23-24H2,1H3,(H,28,29)/t8-,19+/m0/s1. The first-order valence-corrected chi connectivity index (χ1v) is 9.26. The maximum absolute atomic E-state index is 15.6. The van der Waals surface area contributed by atoms with Crippen molar-refractivity contribution in [2.75, 3.05) is 30.4 Å². The summed E-state index contributed by atoms with van der Waals surface area (Å²) in [6, 6.07) is -0.208. The predicted octanol–water partition coefficient (Wildman–Crippen LogP) is 2.02. The zero-order chi connectivity index (χ0) is 21.2. The maximum Gasteiger partial charge on any atom is 0.341 e. The van der Waals surface area contributed by atoms with Crippen LogP contribution < -0.4 is 21.8 Å². The smallest absolute Gasteiger partial charge is 0.341 e. The second-order valence-corrected chi connectivity index (χ2v) is 8.17. The number of benzene rings is 1. The summed E-state index contributed by atoms with van der Waals surface area (Å²) in [4.78, 5) is 25.4. The van der Waals surface area contributed by atoms with Crippen molar-refractivity contribution in [3.05, 3.63) is 33.6 Å². The lowest BCUT2D eigenvalue weighted by Gasteiger charge is -2.25. The molecule has 1 aliphatic carbocycles. The Morgan fingerprint density at radius 3 is 2.52 bits per heavy atom. The van der Waals surface area contributed by atoms with Crippen molar-refractivity contribution in [1.29, 1.82) is 0 Å². The molecule has 0 unspecified atom stereocenters. The Labute approximate surface area is 163 Å². The molecule has 0 spiro atoms. The molecule has 2 aromatic rings. The number of rotatable bonds is 4. The molecule has 1 aromatic heterocycles. The van der Waals surface area contributed by atoms with Gasteiger partial charge in [-0.3, -0.25) is 9.18 Å². The fourth-order valence-corrected chi connectivity index (χ4v) is 4.10. The fourth-order valence-electron chi connectivity index (χ4n) is 4.10. The zero-order valence-corrected chi connectivity index (χ0v) is 15.7. The average Bonchev–Trinajstić information content (AvgIpc) is 3.43. The molecule has 4 rings (SSSR count). The van der Waals surface area contributed by atoms with Gasteiger partial charge in [0.05, 0.1) is 23.3 Å². The van der Waals surface area contributed by atoms with E-state index in [9.17, 15) is 19.1 Å². The van der Waals surface area contributed by atoms with Gasteiger partial charge in [0.2, 0.25) is 5.43 Å². The number of carboxylic acid groups (broad SMARTS) is 1. The molecule has 2 fully saturated rings. The van der Waals surface area contributed by atoms with Gasteiger partial charge in [-0.1, -0.05) is 0 Å². The summed E-state index contributed by atoms with van der Waals surface area (Å²) in [6.07, 6.45) is 2.41. The van der Waals surface area contributed by atoms with Gasteiger partial charge in [0.15, 0.2) is 11.6 Å². The van der Waals surface area contributed by atoms with Crippen LogP contribution in [0.2, 0.25) is 0 Å². The Kier molecular flexibility index (Phi) is 4.30. The van der Waals surface area contributed by atoms with E-state index < -0.39 is 63.5 Å². The van der Waals surface area contributed by atoms with Crippen LogP contribution in [0.1, 0.15) is 36.2 Å². The monoisotopic (exact) mass is 410 g/mol. The van der Waals surface area contributed by atoms with Crippen molar-refractivity contribution in [2.45, 2.75) is 31.3 Å². The Morgan fingerprint density at radius 2 is 2.00 bits per heavy atom. The van der Waals surface area contributed by atoms with Gasteiger partial charge in [0, 0.05) is 36.8 Å². The van der Waals surface area contributed by atoms with Crippen LogP contribution >= 0.6 is 0 Å². The summed E-state index contributed by atoms with van der Waals surface area (Å²) in [5, 5.41) is 8.83. The highest BCUT2D eigenvalue weighted by molar-refractivity contribution is 5.99.